The van der Waals surface area contributed by atoms with Crippen LogP contribution in [-0.4, -0.2) is 48.4 Å². The van der Waals surface area contributed by atoms with Crippen molar-refractivity contribution in [1.82, 2.24) is 15.0 Å². The van der Waals surface area contributed by atoms with Crippen molar-refractivity contribution >= 4 is 11.7 Å². The summed E-state index contributed by atoms with van der Waals surface area (Å²) < 4.78 is 21.6. The second-order valence-corrected chi connectivity index (χ2v) is 8.13. The Hall–Kier alpha value is -3.75. The quantitative estimate of drug-likeness (QED) is 0.491. The third kappa shape index (κ3) is 5.24. The highest BCUT2D eigenvalue weighted by atomic mass is 16.5. The van der Waals surface area contributed by atoms with E-state index in [9.17, 15) is 4.79 Å². The molecule has 0 saturated heterocycles. The zero-order valence-corrected chi connectivity index (χ0v) is 19.7. The normalized spacial score (nSPS) is 13.9. The molecule has 1 aliphatic rings. The van der Waals surface area contributed by atoms with Gasteiger partial charge in [0.1, 0.15) is 12.3 Å². The molecule has 34 heavy (non-hydrogen) atoms. The first-order chi connectivity index (χ1) is 16.6. The van der Waals surface area contributed by atoms with E-state index in [-0.39, 0.29) is 18.6 Å². The molecule has 0 aliphatic heterocycles. The lowest BCUT2D eigenvalue weighted by Gasteiger charge is -2.33. The van der Waals surface area contributed by atoms with Crippen molar-refractivity contribution in [2.45, 2.75) is 44.7 Å². The number of anilines is 1. The van der Waals surface area contributed by atoms with E-state index in [1.165, 1.54) is 6.42 Å². The predicted molar refractivity (Wildman–Crippen MR) is 127 cm³/mol. The molecule has 0 radical (unpaired) electrons. The summed E-state index contributed by atoms with van der Waals surface area (Å²) in [7, 11) is 4.74. The first-order valence-corrected chi connectivity index (χ1v) is 11.4. The summed E-state index contributed by atoms with van der Waals surface area (Å²) in [5.41, 5.74) is 1.35. The minimum absolute atomic E-state index is 0.0971. The Balaban J connectivity index is 1.55. The molecule has 2 amide bonds. The summed E-state index contributed by atoms with van der Waals surface area (Å²) in [5, 5.41) is 7.11. The first kappa shape index (κ1) is 23.4. The second kappa shape index (κ2) is 10.9. The second-order valence-electron chi connectivity index (χ2n) is 8.13. The lowest BCUT2D eigenvalue weighted by Crippen LogP contribution is -2.43. The number of ether oxygens (including phenoxy) is 3. The van der Waals surface area contributed by atoms with Crippen LogP contribution in [0.15, 0.2) is 47.0 Å². The molecule has 0 bridgehead atoms. The molecular formula is C25H30N4O5. The number of carbonyl (C=O) groups is 1. The van der Waals surface area contributed by atoms with Crippen molar-refractivity contribution in [3.8, 4) is 28.6 Å². The van der Waals surface area contributed by atoms with Crippen LogP contribution >= 0.6 is 0 Å². The Bertz CT molecular complexity index is 1110. The number of urea groups is 1. The average Bonchev–Trinajstić information content (AvgIpc) is 3.36. The number of carbonyl (C=O) groups excluding carboxylic acids is 1. The van der Waals surface area contributed by atoms with E-state index in [2.05, 4.69) is 15.5 Å². The summed E-state index contributed by atoms with van der Waals surface area (Å²) in [6, 6.07) is 12.6. The van der Waals surface area contributed by atoms with Crippen LogP contribution in [0.2, 0.25) is 0 Å². The van der Waals surface area contributed by atoms with E-state index >= 15 is 0 Å². The van der Waals surface area contributed by atoms with Crippen LogP contribution in [-0.2, 0) is 6.54 Å². The van der Waals surface area contributed by atoms with Gasteiger partial charge >= 0.3 is 6.03 Å². The highest BCUT2D eigenvalue weighted by Gasteiger charge is 2.28. The lowest BCUT2D eigenvalue weighted by atomic mass is 9.94. The average molecular weight is 467 g/mol. The van der Waals surface area contributed by atoms with Gasteiger partial charge in [-0.3, -0.25) is 0 Å². The van der Waals surface area contributed by atoms with Gasteiger partial charge < -0.3 is 29.0 Å². The SMILES string of the molecule is COc1ccccc1NC(=O)N(Cc1nc(-c2ccc(OC)c(OC)c2)no1)C1CCCCC1. The van der Waals surface area contributed by atoms with Crippen molar-refractivity contribution in [1.29, 1.82) is 0 Å². The molecular weight excluding hydrogens is 436 g/mol. The molecule has 1 fully saturated rings. The number of nitrogens with one attached hydrogen (secondary N) is 1. The third-order valence-electron chi connectivity index (χ3n) is 6.04. The van der Waals surface area contributed by atoms with Gasteiger partial charge in [-0.1, -0.05) is 36.6 Å². The van der Waals surface area contributed by atoms with E-state index in [1.807, 2.05) is 30.3 Å². The van der Waals surface area contributed by atoms with Crippen LogP contribution in [0.25, 0.3) is 11.4 Å². The minimum Gasteiger partial charge on any atom is -0.495 e. The molecule has 9 nitrogen and oxygen atoms in total. The lowest BCUT2D eigenvalue weighted by molar-refractivity contribution is 0.151. The van der Waals surface area contributed by atoms with Crippen LogP contribution in [0.3, 0.4) is 0 Å². The molecule has 0 spiro atoms. The summed E-state index contributed by atoms with van der Waals surface area (Å²) >= 11 is 0. The number of para-hydroxylation sites is 2. The molecule has 180 valence electrons. The fraction of sp³-hybridized carbons (Fsp3) is 0.400. The fourth-order valence-electron chi connectivity index (χ4n) is 4.25. The largest absolute Gasteiger partial charge is 0.495 e. The Morgan fingerprint density at radius 3 is 2.47 bits per heavy atom. The van der Waals surface area contributed by atoms with Crippen molar-refractivity contribution in [2.24, 2.45) is 0 Å². The van der Waals surface area contributed by atoms with Crippen LogP contribution in [0.4, 0.5) is 10.5 Å². The fourth-order valence-corrected chi connectivity index (χ4v) is 4.25. The third-order valence-corrected chi connectivity index (χ3v) is 6.04. The molecule has 0 atom stereocenters. The number of benzene rings is 2. The number of nitrogens with zero attached hydrogens (tertiary/aromatic N) is 3. The summed E-state index contributed by atoms with van der Waals surface area (Å²) in [5.74, 6) is 2.58. The molecule has 1 N–H and O–H groups in total. The smallest absolute Gasteiger partial charge is 0.322 e. The van der Waals surface area contributed by atoms with Gasteiger partial charge in [0, 0.05) is 11.6 Å². The van der Waals surface area contributed by atoms with Crippen LogP contribution in [0.5, 0.6) is 17.2 Å². The van der Waals surface area contributed by atoms with E-state index in [4.69, 9.17) is 18.7 Å². The van der Waals surface area contributed by atoms with Gasteiger partial charge in [0.2, 0.25) is 11.7 Å². The molecule has 3 aromatic rings. The molecule has 9 heteroatoms. The number of rotatable bonds is 8. The van der Waals surface area contributed by atoms with Crippen molar-refractivity contribution in [2.75, 3.05) is 26.6 Å². The highest BCUT2D eigenvalue weighted by molar-refractivity contribution is 5.91. The molecule has 4 rings (SSSR count). The zero-order chi connectivity index (χ0) is 23.9. The van der Waals surface area contributed by atoms with Gasteiger partial charge in [0.25, 0.3) is 0 Å². The summed E-state index contributed by atoms with van der Waals surface area (Å²) in [4.78, 5) is 19.7. The summed E-state index contributed by atoms with van der Waals surface area (Å²) in [6.45, 7) is 0.214. The van der Waals surface area contributed by atoms with Gasteiger partial charge in [-0.15, -0.1) is 0 Å². The molecule has 0 unspecified atom stereocenters. The van der Waals surface area contributed by atoms with E-state index < -0.39 is 0 Å². The van der Waals surface area contributed by atoms with E-state index in [0.717, 1.165) is 31.2 Å². The molecule has 2 aromatic carbocycles. The number of methoxy groups -OCH3 is 3. The van der Waals surface area contributed by atoms with Gasteiger partial charge in [0.15, 0.2) is 11.5 Å². The predicted octanol–water partition coefficient (Wildman–Crippen LogP) is 5.13. The van der Waals surface area contributed by atoms with E-state index in [0.29, 0.717) is 34.7 Å². The molecule has 1 aliphatic carbocycles. The minimum atomic E-state index is -0.220. The monoisotopic (exact) mass is 466 g/mol. The van der Waals surface area contributed by atoms with Gasteiger partial charge in [-0.05, 0) is 43.2 Å². The zero-order valence-electron chi connectivity index (χ0n) is 19.7. The van der Waals surface area contributed by atoms with Crippen LogP contribution < -0.4 is 19.5 Å². The Morgan fingerprint density at radius 1 is 1.00 bits per heavy atom. The molecule has 1 saturated carbocycles. The van der Waals surface area contributed by atoms with Gasteiger partial charge in [0.05, 0.1) is 27.0 Å². The molecule has 1 aromatic heterocycles. The van der Waals surface area contributed by atoms with Crippen molar-refractivity contribution < 1.29 is 23.5 Å². The maximum absolute atomic E-state index is 13.4. The van der Waals surface area contributed by atoms with E-state index in [1.54, 1.807) is 38.4 Å². The number of amides is 2. The standard InChI is InChI=1S/C25H30N4O5/c1-31-20-12-8-7-11-19(20)26-25(30)29(18-9-5-4-6-10-18)16-23-27-24(28-34-23)17-13-14-21(32-2)22(15-17)33-3/h7-8,11-15,18H,4-6,9-10,16H2,1-3H3,(H,26,30). The van der Waals surface area contributed by atoms with Crippen molar-refractivity contribution in [3.63, 3.8) is 0 Å². The Labute approximate surface area is 199 Å². The Kier molecular flexibility index (Phi) is 7.51. The first-order valence-electron chi connectivity index (χ1n) is 11.4. The summed E-state index contributed by atoms with van der Waals surface area (Å²) in [6.07, 6.45) is 5.24. The number of aromatic nitrogens is 2. The maximum Gasteiger partial charge on any atom is 0.322 e. The number of hydrogen-bond donors (Lipinski definition) is 1. The molecule has 1 heterocycles. The topological polar surface area (TPSA) is 99.0 Å². The van der Waals surface area contributed by atoms with Gasteiger partial charge in [-0.2, -0.15) is 4.98 Å². The van der Waals surface area contributed by atoms with Gasteiger partial charge in [-0.25, -0.2) is 4.79 Å². The maximum atomic E-state index is 13.4. The highest BCUT2D eigenvalue weighted by Crippen LogP contribution is 2.32. The van der Waals surface area contributed by atoms with Crippen molar-refractivity contribution in [3.05, 3.63) is 48.4 Å². The Morgan fingerprint density at radius 2 is 1.74 bits per heavy atom. The van der Waals surface area contributed by atoms with Crippen LogP contribution in [0, 0.1) is 0 Å². The number of hydrogen-bond acceptors (Lipinski definition) is 7. The van der Waals surface area contributed by atoms with Crippen LogP contribution in [0.1, 0.15) is 38.0 Å².